The Kier molecular flexibility index (Phi) is 6.60. The molecule has 0 bridgehead atoms. The summed E-state index contributed by atoms with van der Waals surface area (Å²) in [5, 5.41) is 3.65. The Morgan fingerprint density at radius 2 is 1.59 bits per heavy atom. The lowest BCUT2D eigenvalue weighted by Gasteiger charge is -2.18. The van der Waals surface area contributed by atoms with E-state index in [1.165, 1.54) is 41.7 Å². The van der Waals surface area contributed by atoms with E-state index >= 15 is 0 Å². The van der Waals surface area contributed by atoms with Crippen molar-refractivity contribution in [3.05, 3.63) is 71.0 Å². The zero-order valence-electron chi connectivity index (χ0n) is 13.6. The number of halogens is 1. The number of aryl methyl sites for hydroxylation is 1. The van der Waals surface area contributed by atoms with Crippen LogP contribution in [-0.2, 0) is 12.8 Å². The first-order valence-corrected chi connectivity index (χ1v) is 8.20. The molecule has 2 heteroatoms. The Morgan fingerprint density at radius 3 is 2.23 bits per heavy atom. The highest BCUT2D eigenvalue weighted by atomic mass is 19.1. The lowest BCUT2D eigenvalue weighted by molar-refractivity contribution is 0.475. The van der Waals surface area contributed by atoms with Gasteiger partial charge in [0, 0.05) is 6.04 Å². The van der Waals surface area contributed by atoms with E-state index in [9.17, 15) is 4.39 Å². The molecule has 22 heavy (non-hydrogen) atoms. The van der Waals surface area contributed by atoms with E-state index < -0.39 is 0 Å². The van der Waals surface area contributed by atoms with Crippen LogP contribution >= 0.6 is 0 Å². The zero-order chi connectivity index (χ0) is 15.8. The maximum absolute atomic E-state index is 12.9. The summed E-state index contributed by atoms with van der Waals surface area (Å²) < 4.78 is 12.9. The van der Waals surface area contributed by atoms with Gasteiger partial charge in [0.2, 0.25) is 0 Å². The number of hydrogen-bond donors (Lipinski definition) is 1. The molecular formula is C20H26FN. The van der Waals surface area contributed by atoms with Gasteiger partial charge in [-0.3, -0.25) is 0 Å². The van der Waals surface area contributed by atoms with Crippen molar-refractivity contribution in [3.8, 4) is 0 Å². The SMILES string of the molecule is CCCC(Cc1ccc(C)cc1)NCCc1ccc(F)cc1. The van der Waals surface area contributed by atoms with E-state index in [-0.39, 0.29) is 5.82 Å². The van der Waals surface area contributed by atoms with E-state index in [1.807, 2.05) is 12.1 Å². The van der Waals surface area contributed by atoms with Gasteiger partial charge in [-0.1, -0.05) is 55.3 Å². The van der Waals surface area contributed by atoms with Crippen LogP contribution < -0.4 is 5.32 Å². The van der Waals surface area contributed by atoms with Gasteiger partial charge in [-0.25, -0.2) is 4.39 Å². The predicted octanol–water partition coefficient (Wildman–Crippen LogP) is 4.68. The third-order valence-corrected chi connectivity index (χ3v) is 4.00. The van der Waals surface area contributed by atoms with Gasteiger partial charge in [-0.15, -0.1) is 0 Å². The molecule has 0 aliphatic rings. The monoisotopic (exact) mass is 299 g/mol. The van der Waals surface area contributed by atoms with Gasteiger partial charge in [-0.05, 0) is 56.0 Å². The molecule has 0 saturated carbocycles. The Balaban J connectivity index is 1.83. The first-order chi connectivity index (χ1) is 10.7. The standard InChI is InChI=1S/C20H26FN/c1-3-4-20(15-18-7-5-16(2)6-8-18)22-14-13-17-9-11-19(21)12-10-17/h5-12,20,22H,3-4,13-15H2,1-2H3. The molecule has 0 fully saturated rings. The average molecular weight is 299 g/mol. The first-order valence-electron chi connectivity index (χ1n) is 8.20. The summed E-state index contributed by atoms with van der Waals surface area (Å²) in [6, 6.07) is 16.1. The van der Waals surface area contributed by atoms with Crippen LogP contribution in [0.4, 0.5) is 4.39 Å². The van der Waals surface area contributed by atoms with Gasteiger partial charge in [0.15, 0.2) is 0 Å². The molecule has 0 spiro atoms. The van der Waals surface area contributed by atoms with Crippen LogP contribution in [0.15, 0.2) is 48.5 Å². The number of benzene rings is 2. The van der Waals surface area contributed by atoms with E-state index in [1.54, 1.807) is 0 Å². The maximum atomic E-state index is 12.9. The van der Waals surface area contributed by atoms with Crippen LogP contribution in [0.1, 0.15) is 36.5 Å². The van der Waals surface area contributed by atoms with Crippen LogP contribution in [0.25, 0.3) is 0 Å². The third kappa shape index (κ3) is 5.61. The summed E-state index contributed by atoms with van der Waals surface area (Å²) in [7, 11) is 0. The molecule has 2 aromatic carbocycles. The summed E-state index contributed by atoms with van der Waals surface area (Å²) in [6.07, 6.45) is 4.36. The Hall–Kier alpha value is -1.67. The number of rotatable bonds is 8. The second-order valence-electron chi connectivity index (χ2n) is 6.01. The van der Waals surface area contributed by atoms with Gasteiger partial charge in [-0.2, -0.15) is 0 Å². The summed E-state index contributed by atoms with van der Waals surface area (Å²) in [5.74, 6) is -0.167. The fraction of sp³-hybridized carbons (Fsp3) is 0.400. The average Bonchev–Trinajstić information content (AvgIpc) is 2.52. The summed E-state index contributed by atoms with van der Waals surface area (Å²) in [4.78, 5) is 0. The van der Waals surface area contributed by atoms with Crippen molar-refractivity contribution < 1.29 is 4.39 Å². The molecule has 2 rings (SSSR count). The van der Waals surface area contributed by atoms with Gasteiger partial charge in [0.1, 0.15) is 5.82 Å². The molecule has 0 heterocycles. The maximum Gasteiger partial charge on any atom is 0.123 e. The van der Waals surface area contributed by atoms with Crippen molar-refractivity contribution in [2.75, 3.05) is 6.54 Å². The topological polar surface area (TPSA) is 12.0 Å². The Labute approximate surface area is 133 Å². The molecule has 1 N–H and O–H groups in total. The molecule has 118 valence electrons. The van der Waals surface area contributed by atoms with E-state index in [4.69, 9.17) is 0 Å². The van der Waals surface area contributed by atoms with Gasteiger partial charge >= 0.3 is 0 Å². The van der Waals surface area contributed by atoms with Crippen LogP contribution in [0.2, 0.25) is 0 Å². The molecule has 1 nitrogen and oxygen atoms in total. The Bertz CT molecular complexity index is 545. The fourth-order valence-corrected chi connectivity index (χ4v) is 2.71. The molecule has 0 amide bonds. The second kappa shape index (κ2) is 8.70. The van der Waals surface area contributed by atoms with E-state index in [2.05, 4.69) is 43.4 Å². The lowest BCUT2D eigenvalue weighted by atomic mass is 10.0. The quantitative estimate of drug-likeness (QED) is 0.746. The van der Waals surface area contributed by atoms with Gasteiger partial charge in [0.05, 0.1) is 0 Å². The van der Waals surface area contributed by atoms with Crippen molar-refractivity contribution in [1.82, 2.24) is 5.32 Å². The zero-order valence-corrected chi connectivity index (χ0v) is 13.6. The molecule has 1 unspecified atom stereocenters. The molecule has 1 atom stereocenters. The molecular weight excluding hydrogens is 273 g/mol. The summed E-state index contributed by atoms with van der Waals surface area (Å²) in [5.41, 5.74) is 3.87. The molecule has 0 radical (unpaired) electrons. The fourth-order valence-electron chi connectivity index (χ4n) is 2.71. The second-order valence-corrected chi connectivity index (χ2v) is 6.01. The largest absolute Gasteiger partial charge is 0.313 e. The smallest absolute Gasteiger partial charge is 0.123 e. The minimum absolute atomic E-state index is 0.167. The number of hydrogen-bond acceptors (Lipinski definition) is 1. The lowest BCUT2D eigenvalue weighted by Crippen LogP contribution is -2.32. The molecule has 2 aromatic rings. The van der Waals surface area contributed by atoms with Crippen LogP contribution in [0, 0.1) is 12.7 Å². The van der Waals surface area contributed by atoms with Crippen molar-refractivity contribution in [3.63, 3.8) is 0 Å². The third-order valence-electron chi connectivity index (χ3n) is 4.00. The van der Waals surface area contributed by atoms with Gasteiger partial charge < -0.3 is 5.32 Å². The summed E-state index contributed by atoms with van der Waals surface area (Å²) >= 11 is 0. The molecule has 0 aliphatic carbocycles. The van der Waals surface area contributed by atoms with Crippen LogP contribution in [0.5, 0.6) is 0 Å². The minimum atomic E-state index is -0.167. The van der Waals surface area contributed by atoms with Crippen LogP contribution in [-0.4, -0.2) is 12.6 Å². The van der Waals surface area contributed by atoms with Crippen LogP contribution in [0.3, 0.4) is 0 Å². The minimum Gasteiger partial charge on any atom is -0.313 e. The molecule has 0 saturated heterocycles. The van der Waals surface area contributed by atoms with E-state index in [0.29, 0.717) is 6.04 Å². The highest BCUT2D eigenvalue weighted by Crippen LogP contribution is 2.10. The molecule has 0 aromatic heterocycles. The highest BCUT2D eigenvalue weighted by molar-refractivity contribution is 5.22. The number of nitrogens with one attached hydrogen (secondary N) is 1. The van der Waals surface area contributed by atoms with Gasteiger partial charge in [0.25, 0.3) is 0 Å². The van der Waals surface area contributed by atoms with Crippen molar-refractivity contribution in [2.24, 2.45) is 0 Å². The predicted molar refractivity (Wildman–Crippen MR) is 91.7 cm³/mol. The van der Waals surface area contributed by atoms with Crippen molar-refractivity contribution >= 4 is 0 Å². The van der Waals surface area contributed by atoms with Crippen molar-refractivity contribution in [2.45, 2.75) is 45.6 Å². The molecule has 0 aliphatic heterocycles. The highest BCUT2D eigenvalue weighted by Gasteiger charge is 2.08. The normalized spacial score (nSPS) is 12.3. The summed E-state index contributed by atoms with van der Waals surface area (Å²) in [6.45, 7) is 5.28. The van der Waals surface area contributed by atoms with E-state index in [0.717, 1.165) is 19.4 Å². The van der Waals surface area contributed by atoms with Crippen molar-refractivity contribution in [1.29, 1.82) is 0 Å². The first kappa shape index (κ1) is 16.7. The Morgan fingerprint density at radius 1 is 0.955 bits per heavy atom.